The van der Waals surface area contributed by atoms with Crippen molar-refractivity contribution in [1.82, 2.24) is 9.80 Å². The molecule has 0 aromatic carbocycles. The molecule has 0 radical (unpaired) electrons. The van der Waals surface area contributed by atoms with Gasteiger partial charge in [0, 0.05) is 20.1 Å². The minimum absolute atomic E-state index is 0.0737. The SMILES string of the molecule is CC(C)C(N)C(=O)N(C)CC1CCN(C)C1. The molecule has 0 saturated carbocycles. The van der Waals surface area contributed by atoms with Gasteiger partial charge < -0.3 is 15.5 Å². The Kier molecular flexibility index (Phi) is 4.74. The van der Waals surface area contributed by atoms with Crippen molar-refractivity contribution in [2.45, 2.75) is 26.3 Å². The van der Waals surface area contributed by atoms with Crippen LogP contribution in [0.4, 0.5) is 0 Å². The van der Waals surface area contributed by atoms with Crippen LogP contribution in [-0.4, -0.2) is 55.5 Å². The van der Waals surface area contributed by atoms with E-state index in [1.54, 1.807) is 4.90 Å². The number of hydrogen-bond acceptors (Lipinski definition) is 3. The monoisotopic (exact) mass is 227 g/mol. The van der Waals surface area contributed by atoms with Gasteiger partial charge in [-0.25, -0.2) is 0 Å². The molecule has 4 heteroatoms. The maximum absolute atomic E-state index is 11.9. The third-order valence-electron chi connectivity index (χ3n) is 3.40. The van der Waals surface area contributed by atoms with Crippen LogP contribution < -0.4 is 5.73 Å². The second-order valence-corrected chi connectivity index (χ2v) is 5.41. The van der Waals surface area contributed by atoms with Crippen LogP contribution in [0.25, 0.3) is 0 Å². The topological polar surface area (TPSA) is 49.6 Å². The number of carbonyl (C=O) groups excluding carboxylic acids is 1. The molecular weight excluding hydrogens is 202 g/mol. The molecule has 94 valence electrons. The fourth-order valence-corrected chi connectivity index (χ4v) is 2.19. The second-order valence-electron chi connectivity index (χ2n) is 5.41. The molecule has 2 unspecified atom stereocenters. The van der Waals surface area contributed by atoms with E-state index >= 15 is 0 Å². The van der Waals surface area contributed by atoms with E-state index in [9.17, 15) is 4.79 Å². The summed E-state index contributed by atoms with van der Waals surface area (Å²) in [5.41, 5.74) is 5.86. The van der Waals surface area contributed by atoms with Crippen molar-refractivity contribution in [3.8, 4) is 0 Å². The Morgan fingerprint density at radius 1 is 1.56 bits per heavy atom. The Labute approximate surface area is 98.8 Å². The van der Waals surface area contributed by atoms with Crippen molar-refractivity contribution in [1.29, 1.82) is 0 Å². The molecule has 1 fully saturated rings. The smallest absolute Gasteiger partial charge is 0.239 e. The van der Waals surface area contributed by atoms with Crippen LogP contribution in [0.2, 0.25) is 0 Å². The molecule has 1 heterocycles. The second kappa shape index (κ2) is 5.64. The Bertz CT molecular complexity index is 242. The largest absolute Gasteiger partial charge is 0.344 e. The van der Waals surface area contributed by atoms with Crippen LogP contribution >= 0.6 is 0 Å². The zero-order chi connectivity index (χ0) is 12.3. The lowest BCUT2D eigenvalue weighted by Crippen LogP contribution is -2.46. The molecule has 2 N–H and O–H groups in total. The van der Waals surface area contributed by atoms with E-state index < -0.39 is 0 Å². The van der Waals surface area contributed by atoms with Crippen LogP contribution in [0.15, 0.2) is 0 Å². The molecule has 1 rings (SSSR count). The van der Waals surface area contributed by atoms with Crippen LogP contribution in [0.3, 0.4) is 0 Å². The minimum Gasteiger partial charge on any atom is -0.344 e. The number of carbonyl (C=O) groups is 1. The van der Waals surface area contributed by atoms with E-state index in [-0.39, 0.29) is 17.9 Å². The number of hydrogen-bond donors (Lipinski definition) is 1. The highest BCUT2D eigenvalue weighted by atomic mass is 16.2. The van der Waals surface area contributed by atoms with Gasteiger partial charge in [-0.2, -0.15) is 0 Å². The van der Waals surface area contributed by atoms with Gasteiger partial charge in [-0.3, -0.25) is 4.79 Å². The summed E-state index contributed by atoms with van der Waals surface area (Å²) in [6.07, 6.45) is 1.19. The maximum Gasteiger partial charge on any atom is 0.239 e. The summed E-state index contributed by atoms with van der Waals surface area (Å²) in [6, 6.07) is -0.357. The Hall–Kier alpha value is -0.610. The van der Waals surface area contributed by atoms with Gasteiger partial charge in [0.05, 0.1) is 6.04 Å². The summed E-state index contributed by atoms with van der Waals surface area (Å²) >= 11 is 0. The molecule has 1 aliphatic heterocycles. The molecule has 16 heavy (non-hydrogen) atoms. The molecule has 2 atom stereocenters. The standard InChI is InChI=1S/C12H25N3O/c1-9(2)11(13)12(16)15(4)8-10-5-6-14(3)7-10/h9-11H,5-8,13H2,1-4H3. The average molecular weight is 227 g/mol. The van der Waals surface area contributed by atoms with E-state index in [0.717, 1.165) is 19.6 Å². The third-order valence-corrected chi connectivity index (χ3v) is 3.40. The predicted molar refractivity (Wildman–Crippen MR) is 66.1 cm³/mol. The van der Waals surface area contributed by atoms with Gasteiger partial charge in [-0.15, -0.1) is 0 Å². The molecule has 0 aromatic heterocycles. The van der Waals surface area contributed by atoms with Crippen molar-refractivity contribution < 1.29 is 4.79 Å². The molecule has 0 bridgehead atoms. The van der Waals surface area contributed by atoms with Gasteiger partial charge >= 0.3 is 0 Å². The van der Waals surface area contributed by atoms with Crippen molar-refractivity contribution >= 4 is 5.91 Å². The number of rotatable bonds is 4. The Morgan fingerprint density at radius 3 is 2.62 bits per heavy atom. The first-order valence-electron chi connectivity index (χ1n) is 6.11. The van der Waals surface area contributed by atoms with Gasteiger partial charge in [0.25, 0.3) is 0 Å². The van der Waals surface area contributed by atoms with Gasteiger partial charge in [0.15, 0.2) is 0 Å². The summed E-state index contributed by atoms with van der Waals surface area (Å²) < 4.78 is 0. The maximum atomic E-state index is 11.9. The lowest BCUT2D eigenvalue weighted by molar-refractivity contribution is -0.132. The Balaban J connectivity index is 2.39. The van der Waals surface area contributed by atoms with Crippen molar-refractivity contribution in [3.63, 3.8) is 0 Å². The highest BCUT2D eigenvalue weighted by molar-refractivity contribution is 5.81. The summed E-state index contributed by atoms with van der Waals surface area (Å²) in [5.74, 6) is 0.893. The van der Waals surface area contributed by atoms with Gasteiger partial charge in [0.2, 0.25) is 5.91 Å². The van der Waals surface area contributed by atoms with Gasteiger partial charge in [-0.05, 0) is 31.8 Å². The van der Waals surface area contributed by atoms with Crippen LogP contribution in [0, 0.1) is 11.8 Å². The van der Waals surface area contributed by atoms with Gasteiger partial charge in [-0.1, -0.05) is 13.8 Å². The third kappa shape index (κ3) is 3.46. The quantitative estimate of drug-likeness (QED) is 0.755. The zero-order valence-electron chi connectivity index (χ0n) is 10.9. The summed E-state index contributed by atoms with van der Waals surface area (Å²) in [7, 11) is 3.99. The molecule has 1 amide bonds. The number of nitrogens with two attached hydrogens (primary N) is 1. The minimum atomic E-state index is -0.357. The van der Waals surface area contributed by atoms with E-state index in [1.165, 1.54) is 6.42 Å². The Morgan fingerprint density at radius 2 is 2.19 bits per heavy atom. The number of likely N-dealkylation sites (tertiary alicyclic amines) is 1. The van der Waals surface area contributed by atoms with E-state index in [1.807, 2.05) is 20.9 Å². The van der Waals surface area contributed by atoms with Crippen LogP contribution in [0.5, 0.6) is 0 Å². The number of likely N-dealkylation sites (N-methyl/N-ethyl adjacent to an activating group) is 1. The predicted octanol–water partition coefficient (Wildman–Crippen LogP) is 0.380. The van der Waals surface area contributed by atoms with Crippen molar-refractivity contribution in [2.75, 3.05) is 33.7 Å². The summed E-state index contributed by atoms with van der Waals surface area (Å²) in [5, 5.41) is 0. The lowest BCUT2D eigenvalue weighted by Gasteiger charge is -2.25. The molecular formula is C12H25N3O. The van der Waals surface area contributed by atoms with Crippen molar-refractivity contribution in [3.05, 3.63) is 0 Å². The van der Waals surface area contributed by atoms with E-state index in [4.69, 9.17) is 5.73 Å². The van der Waals surface area contributed by atoms with Crippen LogP contribution in [0.1, 0.15) is 20.3 Å². The first kappa shape index (κ1) is 13.5. The fraction of sp³-hybridized carbons (Fsp3) is 0.917. The number of nitrogens with zero attached hydrogens (tertiary/aromatic N) is 2. The first-order valence-corrected chi connectivity index (χ1v) is 6.11. The highest BCUT2D eigenvalue weighted by Gasteiger charge is 2.26. The van der Waals surface area contributed by atoms with E-state index in [0.29, 0.717) is 5.92 Å². The molecule has 0 aromatic rings. The van der Waals surface area contributed by atoms with Crippen molar-refractivity contribution in [2.24, 2.45) is 17.6 Å². The summed E-state index contributed by atoms with van der Waals surface area (Å²) in [4.78, 5) is 16.1. The molecule has 1 saturated heterocycles. The molecule has 0 spiro atoms. The number of amides is 1. The highest BCUT2D eigenvalue weighted by Crippen LogP contribution is 2.15. The summed E-state index contributed by atoms with van der Waals surface area (Å²) in [6.45, 7) is 7.04. The lowest BCUT2D eigenvalue weighted by atomic mass is 10.0. The average Bonchev–Trinajstić information content (AvgIpc) is 2.61. The van der Waals surface area contributed by atoms with Crippen LogP contribution in [-0.2, 0) is 4.79 Å². The molecule has 0 aliphatic carbocycles. The molecule has 4 nitrogen and oxygen atoms in total. The zero-order valence-corrected chi connectivity index (χ0v) is 10.9. The normalized spacial score (nSPS) is 23.8. The van der Waals surface area contributed by atoms with Gasteiger partial charge in [0.1, 0.15) is 0 Å². The fourth-order valence-electron chi connectivity index (χ4n) is 2.19. The first-order chi connectivity index (χ1) is 7.41. The van der Waals surface area contributed by atoms with E-state index in [2.05, 4.69) is 11.9 Å². The molecule has 1 aliphatic rings.